The van der Waals surface area contributed by atoms with Crippen molar-refractivity contribution in [2.24, 2.45) is 0 Å². The Hall–Kier alpha value is -2.16. The molecule has 1 aromatic heterocycles. The molecule has 1 aromatic rings. The Labute approximate surface area is 125 Å². The van der Waals surface area contributed by atoms with Crippen LogP contribution in [0.5, 0.6) is 0 Å². The SMILES string of the molecule is CCC1C(=O)NCCN1C(=O)NCc1nc(C(=O)O)cs1. The first-order valence-electron chi connectivity index (χ1n) is 6.52. The van der Waals surface area contributed by atoms with Crippen molar-refractivity contribution in [3.63, 3.8) is 0 Å². The first-order chi connectivity index (χ1) is 10.0. The lowest BCUT2D eigenvalue weighted by molar-refractivity contribution is -0.127. The van der Waals surface area contributed by atoms with Gasteiger partial charge in [0.25, 0.3) is 0 Å². The van der Waals surface area contributed by atoms with Crippen LogP contribution in [0.4, 0.5) is 4.79 Å². The molecular weight excluding hydrogens is 296 g/mol. The number of carbonyl (C=O) groups excluding carboxylic acids is 2. The maximum atomic E-state index is 12.1. The number of carboxylic acid groups (broad SMARTS) is 1. The van der Waals surface area contributed by atoms with Crippen LogP contribution in [0.2, 0.25) is 0 Å². The lowest BCUT2D eigenvalue weighted by Gasteiger charge is -2.34. The van der Waals surface area contributed by atoms with Gasteiger partial charge in [0.15, 0.2) is 5.69 Å². The van der Waals surface area contributed by atoms with Gasteiger partial charge in [-0.2, -0.15) is 0 Å². The van der Waals surface area contributed by atoms with Crippen molar-refractivity contribution in [2.45, 2.75) is 25.9 Å². The average molecular weight is 312 g/mol. The van der Waals surface area contributed by atoms with Crippen molar-refractivity contribution in [2.75, 3.05) is 13.1 Å². The molecule has 0 bridgehead atoms. The van der Waals surface area contributed by atoms with Crippen molar-refractivity contribution in [3.05, 3.63) is 16.1 Å². The van der Waals surface area contributed by atoms with E-state index in [9.17, 15) is 14.4 Å². The number of aromatic nitrogens is 1. The summed E-state index contributed by atoms with van der Waals surface area (Å²) in [5.41, 5.74) is -0.0342. The summed E-state index contributed by atoms with van der Waals surface area (Å²) in [5.74, 6) is -1.25. The topological polar surface area (TPSA) is 112 Å². The quantitative estimate of drug-likeness (QED) is 0.738. The summed E-state index contributed by atoms with van der Waals surface area (Å²) in [6.45, 7) is 2.87. The number of carboxylic acids is 1. The van der Waals surface area contributed by atoms with Crippen molar-refractivity contribution < 1.29 is 19.5 Å². The predicted molar refractivity (Wildman–Crippen MR) is 75.1 cm³/mol. The first-order valence-corrected chi connectivity index (χ1v) is 7.40. The van der Waals surface area contributed by atoms with Crippen LogP contribution in [0.3, 0.4) is 0 Å². The Balaban J connectivity index is 1.94. The van der Waals surface area contributed by atoms with Crippen LogP contribution < -0.4 is 10.6 Å². The number of rotatable bonds is 4. The highest BCUT2D eigenvalue weighted by molar-refractivity contribution is 7.09. The van der Waals surface area contributed by atoms with E-state index in [1.807, 2.05) is 6.92 Å². The van der Waals surface area contributed by atoms with Crippen LogP contribution in [0.25, 0.3) is 0 Å². The summed E-state index contributed by atoms with van der Waals surface area (Å²) >= 11 is 1.17. The van der Waals surface area contributed by atoms with E-state index in [2.05, 4.69) is 15.6 Å². The standard InChI is InChI=1S/C12H16N4O4S/c1-2-8-10(17)13-3-4-16(8)12(20)14-5-9-15-7(6-21-9)11(18)19/h6,8H,2-5H2,1H3,(H,13,17)(H,14,20)(H,18,19). The summed E-state index contributed by atoms with van der Waals surface area (Å²) in [6, 6.07) is -0.812. The summed E-state index contributed by atoms with van der Waals surface area (Å²) in [6.07, 6.45) is 0.541. The Morgan fingerprint density at radius 2 is 2.38 bits per heavy atom. The minimum absolute atomic E-state index is 0.0342. The molecule has 114 valence electrons. The smallest absolute Gasteiger partial charge is 0.355 e. The van der Waals surface area contributed by atoms with Gasteiger partial charge in [-0.3, -0.25) is 4.79 Å². The normalized spacial score (nSPS) is 18.2. The highest BCUT2D eigenvalue weighted by Gasteiger charge is 2.31. The number of piperazine rings is 1. The van der Waals surface area contributed by atoms with E-state index < -0.39 is 12.0 Å². The van der Waals surface area contributed by atoms with Crippen LogP contribution in [-0.2, 0) is 11.3 Å². The fourth-order valence-corrected chi connectivity index (χ4v) is 2.81. The third kappa shape index (κ3) is 3.48. The molecule has 1 fully saturated rings. The highest BCUT2D eigenvalue weighted by atomic mass is 32.1. The molecule has 2 rings (SSSR count). The van der Waals surface area contributed by atoms with Gasteiger partial charge in [0.2, 0.25) is 5.91 Å². The van der Waals surface area contributed by atoms with Gasteiger partial charge in [0, 0.05) is 18.5 Å². The number of hydrogen-bond donors (Lipinski definition) is 3. The fourth-order valence-electron chi connectivity index (χ4n) is 2.11. The zero-order valence-corrected chi connectivity index (χ0v) is 12.3. The van der Waals surface area contributed by atoms with E-state index in [1.54, 1.807) is 0 Å². The molecule has 0 spiro atoms. The molecule has 21 heavy (non-hydrogen) atoms. The van der Waals surface area contributed by atoms with Crippen LogP contribution in [0.1, 0.15) is 28.8 Å². The molecule has 3 amide bonds. The molecule has 1 atom stereocenters. The molecule has 9 heteroatoms. The second-order valence-electron chi connectivity index (χ2n) is 4.50. The average Bonchev–Trinajstić information content (AvgIpc) is 2.93. The van der Waals surface area contributed by atoms with Gasteiger partial charge in [-0.15, -0.1) is 11.3 Å². The highest BCUT2D eigenvalue weighted by Crippen LogP contribution is 2.11. The van der Waals surface area contributed by atoms with Gasteiger partial charge >= 0.3 is 12.0 Å². The molecule has 0 saturated carbocycles. The number of thiazole rings is 1. The summed E-state index contributed by atoms with van der Waals surface area (Å²) < 4.78 is 0. The van der Waals surface area contributed by atoms with Crippen molar-refractivity contribution in [1.29, 1.82) is 0 Å². The molecule has 8 nitrogen and oxygen atoms in total. The number of urea groups is 1. The van der Waals surface area contributed by atoms with Gasteiger partial charge in [-0.1, -0.05) is 6.92 Å². The fraction of sp³-hybridized carbons (Fsp3) is 0.500. The minimum atomic E-state index is -1.09. The molecule has 1 unspecified atom stereocenters. The Kier molecular flexibility index (Phi) is 4.73. The van der Waals surface area contributed by atoms with Crippen LogP contribution in [0.15, 0.2) is 5.38 Å². The van der Waals surface area contributed by atoms with Crippen molar-refractivity contribution in [3.8, 4) is 0 Å². The third-order valence-electron chi connectivity index (χ3n) is 3.14. The monoisotopic (exact) mass is 312 g/mol. The predicted octanol–water partition coefficient (Wildman–Crippen LogP) is 0.261. The van der Waals surface area contributed by atoms with Gasteiger partial charge < -0.3 is 20.6 Å². The molecule has 3 N–H and O–H groups in total. The summed E-state index contributed by atoms with van der Waals surface area (Å²) in [5, 5.41) is 16.1. The molecule has 2 heterocycles. The molecule has 0 aromatic carbocycles. The van der Waals surface area contributed by atoms with E-state index >= 15 is 0 Å². The maximum absolute atomic E-state index is 12.1. The number of carbonyl (C=O) groups is 3. The molecular formula is C12H16N4O4S. The number of nitrogens with zero attached hydrogens (tertiary/aromatic N) is 2. The largest absolute Gasteiger partial charge is 0.476 e. The van der Waals surface area contributed by atoms with Gasteiger partial charge in [-0.25, -0.2) is 14.6 Å². The zero-order valence-electron chi connectivity index (χ0n) is 11.5. The van der Waals surface area contributed by atoms with Crippen LogP contribution >= 0.6 is 11.3 Å². The van der Waals surface area contributed by atoms with Gasteiger partial charge in [0.1, 0.15) is 11.0 Å². The zero-order chi connectivity index (χ0) is 15.4. The first kappa shape index (κ1) is 15.2. The minimum Gasteiger partial charge on any atom is -0.476 e. The summed E-state index contributed by atoms with van der Waals surface area (Å²) in [7, 11) is 0. The maximum Gasteiger partial charge on any atom is 0.355 e. The van der Waals surface area contributed by atoms with Crippen LogP contribution in [-0.4, -0.2) is 52.0 Å². The van der Waals surface area contributed by atoms with Gasteiger partial charge in [0.05, 0.1) is 6.54 Å². The van der Waals surface area contributed by atoms with Crippen LogP contribution in [0, 0.1) is 0 Å². The molecule has 1 saturated heterocycles. The van der Waals surface area contributed by atoms with Gasteiger partial charge in [-0.05, 0) is 6.42 Å². The third-order valence-corrected chi connectivity index (χ3v) is 3.99. The molecule has 1 aliphatic rings. The lowest BCUT2D eigenvalue weighted by atomic mass is 10.1. The van der Waals surface area contributed by atoms with E-state index in [0.29, 0.717) is 24.5 Å². The number of hydrogen-bond acceptors (Lipinski definition) is 5. The number of aromatic carboxylic acids is 1. The molecule has 0 aliphatic carbocycles. The second kappa shape index (κ2) is 6.53. The Bertz CT molecular complexity index is 559. The van der Waals surface area contributed by atoms with Crippen molar-refractivity contribution >= 4 is 29.2 Å². The molecule has 1 aliphatic heterocycles. The number of nitrogens with one attached hydrogen (secondary N) is 2. The van der Waals surface area contributed by atoms with E-state index in [4.69, 9.17) is 5.11 Å². The molecule has 0 radical (unpaired) electrons. The number of amides is 3. The van der Waals surface area contributed by atoms with E-state index in [-0.39, 0.29) is 24.2 Å². The van der Waals surface area contributed by atoms with E-state index in [0.717, 1.165) is 0 Å². The van der Waals surface area contributed by atoms with Crippen molar-refractivity contribution in [1.82, 2.24) is 20.5 Å². The second-order valence-corrected chi connectivity index (χ2v) is 5.44. The lowest BCUT2D eigenvalue weighted by Crippen LogP contribution is -2.59. The Morgan fingerprint density at radius 3 is 3.00 bits per heavy atom. The summed E-state index contributed by atoms with van der Waals surface area (Å²) in [4.78, 5) is 39.9. The van der Waals surface area contributed by atoms with E-state index in [1.165, 1.54) is 21.6 Å². The Morgan fingerprint density at radius 1 is 1.62 bits per heavy atom.